The summed E-state index contributed by atoms with van der Waals surface area (Å²) in [6, 6.07) is 41.3. The third-order valence-electron chi connectivity index (χ3n) is 23.5. The van der Waals surface area contributed by atoms with E-state index in [1.165, 1.54) is 21.5 Å². The SMILES string of the molecule is CCCCCC(CCCCC)N1C(=O)c2c(CCC(C)(C)C)cc3c4cccc5c(-c6ccc(-c7ccc8c9cc(CCC(C)(C)C)c%10c%11c(c(CCC(C)(C)C)cc(c%12cccc7c%128)c%119)C(=O)N(C(CCCCC)CCCCC)C%10=O)cc6)ccc(c6cc(CCC(C)(C)C)c(c2c36)C1=O)c54. The minimum Gasteiger partial charge on any atom is -0.271 e. The molecule has 2 aliphatic heterocycles. The van der Waals surface area contributed by atoms with Gasteiger partial charge in [-0.05, 0) is 243 Å². The van der Waals surface area contributed by atoms with E-state index in [2.05, 4.69) is 220 Å². The first-order chi connectivity index (χ1) is 48.6. The van der Waals surface area contributed by atoms with E-state index in [0.717, 1.165) is 285 Å². The van der Waals surface area contributed by atoms with E-state index in [1.807, 2.05) is 0 Å². The minimum absolute atomic E-state index is 0.0255. The quantitative estimate of drug-likeness (QED) is 0.0212. The number of nitrogens with zero attached hydrogens (tertiary/aromatic N) is 2. The van der Waals surface area contributed by atoms with Crippen molar-refractivity contribution in [1.82, 2.24) is 9.80 Å². The third kappa shape index (κ3) is 13.8. The molecule has 11 aromatic rings. The van der Waals surface area contributed by atoms with Crippen LogP contribution in [0.1, 0.15) is 303 Å². The highest BCUT2D eigenvalue weighted by Crippen LogP contribution is 2.52. The number of amides is 4. The van der Waals surface area contributed by atoms with Crippen molar-refractivity contribution in [2.24, 2.45) is 21.7 Å². The van der Waals surface area contributed by atoms with Gasteiger partial charge in [-0.15, -0.1) is 0 Å². The fourth-order valence-electron chi connectivity index (χ4n) is 17.8. The van der Waals surface area contributed by atoms with E-state index in [0.29, 0.717) is 0 Å². The number of carbonyl (C=O) groups is 4. The maximum atomic E-state index is 15.9. The predicted molar refractivity (Wildman–Crippen MR) is 436 cm³/mol. The van der Waals surface area contributed by atoms with Gasteiger partial charge >= 0.3 is 0 Å². The molecule has 102 heavy (non-hydrogen) atoms. The highest BCUT2D eigenvalue weighted by atomic mass is 16.2. The summed E-state index contributed by atoms with van der Waals surface area (Å²) in [7, 11) is 0. The van der Waals surface area contributed by atoms with Crippen molar-refractivity contribution in [2.45, 2.75) is 277 Å². The zero-order valence-electron chi connectivity index (χ0n) is 65.0. The molecule has 13 rings (SSSR count). The summed E-state index contributed by atoms with van der Waals surface area (Å²) in [6.07, 6.45) is 22.7. The number of imide groups is 2. The molecule has 0 radical (unpaired) electrons. The summed E-state index contributed by atoms with van der Waals surface area (Å²) >= 11 is 0. The first-order valence-corrected chi connectivity index (χ1v) is 40.0. The lowest BCUT2D eigenvalue weighted by molar-refractivity contribution is 0.0500. The number of hydrogen-bond donors (Lipinski definition) is 0. The topological polar surface area (TPSA) is 74.8 Å². The average Bonchev–Trinajstić information content (AvgIpc) is 0.693. The Morgan fingerprint density at radius 1 is 0.284 bits per heavy atom. The number of aryl methyl sites for hydroxylation is 4. The van der Waals surface area contributed by atoms with Crippen molar-refractivity contribution < 1.29 is 19.2 Å². The normalized spacial score (nSPS) is 14.3. The predicted octanol–water partition coefficient (Wildman–Crippen LogP) is 27.3. The van der Waals surface area contributed by atoms with Crippen LogP contribution in [0.4, 0.5) is 0 Å². The summed E-state index contributed by atoms with van der Waals surface area (Å²) in [4.78, 5) is 67.1. The summed E-state index contributed by atoms with van der Waals surface area (Å²) in [6.45, 7) is 36.5. The molecule has 0 bridgehead atoms. The number of hydrogen-bond acceptors (Lipinski definition) is 4. The summed E-state index contributed by atoms with van der Waals surface area (Å²) in [5.41, 5.74) is 12.0. The first-order valence-electron chi connectivity index (χ1n) is 40.0. The molecular weight excluding hydrogens is 1250 g/mol. The largest absolute Gasteiger partial charge is 0.271 e. The van der Waals surface area contributed by atoms with Crippen LogP contribution in [0, 0.1) is 21.7 Å². The highest BCUT2D eigenvalue weighted by Gasteiger charge is 2.44. The first kappa shape index (κ1) is 72.6. The Balaban J connectivity index is 0.967. The van der Waals surface area contributed by atoms with Gasteiger partial charge in [0.25, 0.3) is 23.6 Å². The average molecular weight is 1360 g/mol. The van der Waals surface area contributed by atoms with Gasteiger partial charge in [0.05, 0.1) is 22.3 Å². The van der Waals surface area contributed by atoms with E-state index in [1.54, 1.807) is 9.80 Å². The Kier molecular flexibility index (Phi) is 20.5. The fraction of sp³-hybridized carbons (Fsp3) is 0.479. The Morgan fingerprint density at radius 2 is 0.539 bits per heavy atom. The van der Waals surface area contributed by atoms with Crippen LogP contribution >= 0.6 is 0 Å². The van der Waals surface area contributed by atoms with Crippen molar-refractivity contribution in [2.75, 3.05) is 0 Å². The van der Waals surface area contributed by atoms with Crippen molar-refractivity contribution >= 4 is 110 Å². The second-order valence-electron chi connectivity index (χ2n) is 36.2. The van der Waals surface area contributed by atoms with Gasteiger partial charge in [0.1, 0.15) is 0 Å². The summed E-state index contributed by atoms with van der Waals surface area (Å²) in [5.74, 6) is -0.368. The molecule has 4 amide bonds. The van der Waals surface area contributed by atoms with Crippen molar-refractivity contribution in [3.63, 3.8) is 0 Å². The van der Waals surface area contributed by atoms with E-state index in [-0.39, 0.29) is 57.4 Å². The van der Waals surface area contributed by atoms with Gasteiger partial charge in [-0.25, -0.2) is 0 Å². The molecule has 0 saturated carbocycles. The standard InChI is InChI=1S/C96H116N2O4/c1-17-21-25-31-65(32-26-22-18-2)97-89(99)79-61(47-51-93(5,6)7)55-75-71-37-29-35-69-67(43-45-73(83(69)71)77-57-63(49-53-95(11,12)13)81(91(97)101)87(79)85(75)77)59-39-41-60(42-40-59)68-44-46-74-78-58-64(50-54-96(14,15)16)82-88-80(90(100)98(92(82)102)66(33-27-23-19-3)34-28-24-20-4)62(48-52-94(8,9)10)56-76(86(78)88)72-38-30-36-70(68)84(72)74/h29-30,35-46,55-58,65-66H,17-28,31-34,47-54H2,1-16H3. The molecule has 0 fully saturated rings. The van der Waals surface area contributed by atoms with Gasteiger partial charge in [-0.3, -0.25) is 29.0 Å². The van der Waals surface area contributed by atoms with E-state index < -0.39 is 0 Å². The Hall–Kier alpha value is -7.70. The number of unbranched alkanes of at least 4 members (excludes halogenated alkanes) is 8. The molecule has 0 saturated heterocycles. The zero-order chi connectivity index (χ0) is 72.5. The number of benzene rings is 11. The van der Waals surface area contributed by atoms with Gasteiger partial charge in [0, 0.05) is 22.9 Å². The van der Waals surface area contributed by atoms with Crippen LogP contribution in [0.3, 0.4) is 0 Å². The number of fused-ring (bicyclic) bond motifs is 4. The highest BCUT2D eigenvalue weighted by molar-refractivity contribution is 6.41. The fourth-order valence-corrected chi connectivity index (χ4v) is 17.8. The van der Waals surface area contributed by atoms with Gasteiger partial charge < -0.3 is 0 Å². The molecule has 0 unspecified atom stereocenters. The van der Waals surface area contributed by atoms with E-state index >= 15 is 19.2 Å². The van der Waals surface area contributed by atoms with Crippen LogP contribution in [-0.2, 0) is 25.7 Å². The Morgan fingerprint density at radius 3 is 0.794 bits per heavy atom. The van der Waals surface area contributed by atoms with Crippen LogP contribution in [0.5, 0.6) is 0 Å². The maximum Gasteiger partial charge on any atom is 0.261 e. The lowest BCUT2D eigenvalue weighted by Crippen LogP contribution is -2.48. The molecule has 534 valence electrons. The molecule has 11 aromatic carbocycles. The molecule has 2 aliphatic rings. The molecule has 0 aliphatic carbocycles. The Labute approximate surface area is 609 Å². The van der Waals surface area contributed by atoms with Crippen molar-refractivity contribution in [3.8, 4) is 22.3 Å². The maximum absolute atomic E-state index is 15.9. The van der Waals surface area contributed by atoms with Crippen LogP contribution in [0.2, 0.25) is 0 Å². The molecule has 0 aromatic heterocycles. The van der Waals surface area contributed by atoms with Gasteiger partial charge in [-0.1, -0.05) is 273 Å². The third-order valence-corrected chi connectivity index (χ3v) is 23.5. The molecule has 6 heteroatoms. The molecule has 0 atom stereocenters. The van der Waals surface area contributed by atoms with Gasteiger partial charge in [0.2, 0.25) is 0 Å². The summed E-state index contributed by atoms with van der Waals surface area (Å²) < 4.78 is 0. The Bertz CT molecular complexity index is 4490. The van der Waals surface area contributed by atoms with Crippen LogP contribution in [0.15, 0.2) is 109 Å². The number of rotatable bonds is 28. The monoisotopic (exact) mass is 1360 g/mol. The van der Waals surface area contributed by atoms with E-state index in [9.17, 15) is 0 Å². The minimum atomic E-state index is -0.140. The van der Waals surface area contributed by atoms with Crippen LogP contribution in [-0.4, -0.2) is 45.5 Å². The van der Waals surface area contributed by atoms with Gasteiger partial charge in [-0.2, -0.15) is 0 Å². The molecule has 2 heterocycles. The lowest BCUT2D eigenvalue weighted by Gasteiger charge is -2.37. The number of carbonyl (C=O) groups excluding carboxylic acids is 4. The smallest absolute Gasteiger partial charge is 0.261 e. The second-order valence-corrected chi connectivity index (χ2v) is 36.2. The van der Waals surface area contributed by atoms with E-state index in [4.69, 9.17) is 0 Å². The molecular formula is C96H116N2O4. The second kappa shape index (κ2) is 28.7. The molecule has 6 nitrogen and oxygen atoms in total. The summed E-state index contributed by atoms with van der Waals surface area (Å²) in [5, 5.41) is 17.8. The van der Waals surface area contributed by atoms with Crippen LogP contribution in [0.25, 0.3) is 108 Å². The lowest BCUT2D eigenvalue weighted by atomic mass is 9.77. The van der Waals surface area contributed by atoms with Gasteiger partial charge in [0.15, 0.2) is 0 Å². The van der Waals surface area contributed by atoms with Crippen molar-refractivity contribution in [3.05, 3.63) is 154 Å². The van der Waals surface area contributed by atoms with Crippen molar-refractivity contribution in [1.29, 1.82) is 0 Å². The zero-order valence-corrected chi connectivity index (χ0v) is 65.0. The molecule has 0 N–H and O–H groups in total. The van der Waals surface area contributed by atoms with Crippen LogP contribution < -0.4 is 0 Å². The molecule has 0 spiro atoms.